The third-order valence-electron chi connectivity index (χ3n) is 4.23. The Morgan fingerprint density at radius 1 is 1.10 bits per heavy atom. The minimum absolute atomic E-state index is 0.135. The molecule has 1 heterocycles. The Bertz CT molecular complexity index is 996. The van der Waals surface area contributed by atoms with Crippen molar-refractivity contribution in [2.45, 2.75) is 26.6 Å². The minimum Gasteiger partial charge on any atom is -0.488 e. The molecule has 2 N–H and O–H groups in total. The van der Waals surface area contributed by atoms with Gasteiger partial charge in [-0.25, -0.2) is 0 Å². The molecule has 0 saturated carbocycles. The lowest BCUT2D eigenvalue weighted by Crippen LogP contribution is -2.30. The Morgan fingerprint density at radius 2 is 1.79 bits per heavy atom. The maximum Gasteiger partial charge on any atom is 0.418 e. The molecular formula is C20H18F3N3O3. The van der Waals surface area contributed by atoms with E-state index in [2.05, 4.69) is 16.0 Å². The molecule has 0 aliphatic rings. The fraction of sp³-hybridized carbons (Fsp3) is 0.200. The van der Waals surface area contributed by atoms with Crippen LogP contribution in [0.2, 0.25) is 0 Å². The molecule has 0 fully saturated rings. The summed E-state index contributed by atoms with van der Waals surface area (Å²) < 4.78 is 50.0. The summed E-state index contributed by atoms with van der Waals surface area (Å²) in [6.45, 7) is 3.66. The Morgan fingerprint density at radius 3 is 2.48 bits per heavy atom. The van der Waals surface area contributed by atoms with Crippen molar-refractivity contribution in [2.24, 2.45) is 0 Å². The van der Waals surface area contributed by atoms with Crippen molar-refractivity contribution in [3.05, 3.63) is 76.7 Å². The standard InChI is InChI=1S/C20H18F3N3O3/c1-12-15(13(2)29-26-12)11-28-18-10-6-3-7-14(18)19(27)25-24-17-9-5-4-8-16(17)20(21,22)23/h3-10,24H,11H2,1-2H3,(H,25,27). The highest BCUT2D eigenvalue weighted by molar-refractivity contribution is 5.97. The van der Waals surface area contributed by atoms with Crippen molar-refractivity contribution < 1.29 is 27.2 Å². The number of carbonyl (C=O) groups excluding carboxylic acids is 1. The van der Waals surface area contributed by atoms with Crippen LogP contribution in [-0.2, 0) is 12.8 Å². The summed E-state index contributed by atoms with van der Waals surface area (Å²) in [6, 6.07) is 11.3. The van der Waals surface area contributed by atoms with E-state index in [4.69, 9.17) is 9.26 Å². The van der Waals surface area contributed by atoms with Crippen LogP contribution < -0.4 is 15.6 Å². The summed E-state index contributed by atoms with van der Waals surface area (Å²) in [7, 11) is 0. The number of nitrogens with zero attached hydrogens (tertiary/aromatic N) is 1. The third kappa shape index (κ3) is 4.68. The van der Waals surface area contributed by atoms with Gasteiger partial charge in [0.2, 0.25) is 0 Å². The summed E-state index contributed by atoms with van der Waals surface area (Å²) in [5.41, 5.74) is 5.07. The van der Waals surface area contributed by atoms with Gasteiger partial charge in [-0.2, -0.15) is 13.2 Å². The Balaban J connectivity index is 1.73. The molecule has 3 rings (SSSR count). The molecule has 1 aromatic heterocycles. The average molecular weight is 405 g/mol. The Kier molecular flexibility index (Phi) is 5.76. The van der Waals surface area contributed by atoms with E-state index >= 15 is 0 Å². The highest BCUT2D eigenvalue weighted by Crippen LogP contribution is 2.34. The molecule has 29 heavy (non-hydrogen) atoms. The Hall–Kier alpha value is -3.49. The van der Waals surface area contributed by atoms with Crippen molar-refractivity contribution >= 4 is 11.6 Å². The molecule has 6 nitrogen and oxygen atoms in total. The van der Waals surface area contributed by atoms with Gasteiger partial charge in [-0.1, -0.05) is 29.4 Å². The highest BCUT2D eigenvalue weighted by Gasteiger charge is 2.33. The molecule has 3 aromatic rings. The number of benzene rings is 2. The van der Waals surface area contributed by atoms with Crippen LogP contribution in [0.1, 0.15) is 32.9 Å². The normalized spacial score (nSPS) is 11.2. The second-order valence-corrected chi connectivity index (χ2v) is 6.21. The fourth-order valence-corrected chi connectivity index (χ4v) is 2.67. The van der Waals surface area contributed by atoms with Gasteiger partial charge in [-0.05, 0) is 38.1 Å². The van der Waals surface area contributed by atoms with Crippen LogP contribution in [0.4, 0.5) is 18.9 Å². The van der Waals surface area contributed by atoms with Gasteiger partial charge in [0.15, 0.2) is 0 Å². The van der Waals surface area contributed by atoms with Crippen LogP contribution in [0, 0.1) is 13.8 Å². The minimum atomic E-state index is -4.55. The van der Waals surface area contributed by atoms with E-state index in [0.717, 1.165) is 11.6 Å². The monoisotopic (exact) mass is 405 g/mol. The van der Waals surface area contributed by atoms with Gasteiger partial charge in [0.05, 0.1) is 28.1 Å². The van der Waals surface area contributed by atoms with Gasteiger partial charge in [0.1, 0.15) is 18.1 Å². The zero-order chi connectivity index (χ0) is 21.0. The number of hydrogen-bond acceptors (Lipinski definition) is 5. The van der Waals surface area contributed by atoms with Crippen LogP contribution in [0.5, 0.6) is 5.75 Å². The topological polar surface area (TPSA) is 76.4 Å². The first-order valence-electron chi connectivity index (χ1n) is 8.63. The number of hydrazine groups is 1. The molecule has 0 unspecified atom stereocenters. The molecule has 152 valence electrons. The van der Waals surface area contributed by atoms with Gasteiger partial charge in [-0.15, -0.1) is 0 Å². The van der Waals surface area contributed by atoms with Gasteiger partial charge in [-0.3, -0.25) is 15.6 Å². The molecule has 0 bridgehead atoms. The molecule has 0 aliphatic carbocycles. The predicted octanol–water partition coefficient (Wildman–Crippen LogP) is 4.65. The van der Waals surface area contributed by atoms with E-state index in [-0.39, 0.29) is 23.6 Å². The maximum absolute atomic E-state index is 13.1. The molecule has 0 saturated heterocycles. The average Bonchev–Trinajstić information content (AvgIpc) is 3.02. The van der Waals surface area contributed by atoms with Crippen molar-refractivity contribution in [2.75, 3.05) is 5.43 Å². The van der Waals surface area contributed by atoms with Gasteiger partial charge in [0.25, 0.3) is 5.91 Å². The summed E-state index contributed by atoms with van der Waals surface area (Å²) >= 11 is 0. The molecule has 2 aromatic carbocycles. The number of para-hydroxylation sites is 2. The van der Waals surface area contributed by atoms with Gasteiger partial charge in [0, 0.05) is 0 Å². The lowest BCUT2D eigenvalue weighted by atomic mass is 10.1. The van der Waals surface area contributed by atoms with Crippen molar-refractivity contribution in [3.63, 3.8) is 0 Å². The van der Waals surface area contributed by atoms with Crippen molar-refractivity contribution in [1.29, 1.82) is 0 Å². The summed E-state index contributed by atoms with van der Waals surface area (Å²) in [4.78, 5) is 12.5. The van der Waals surface area contributed by atoms with E-state index in [1.807, 2.05) is 0 Å². The first kappa shape index (κ1) is 20.2. The van der Waals surface area contributed by atoms with Crippen LogP contribution in [0.15, 0.2) is 53.1 Å². The van der Waals surface area contributed by atoms with Crippen molar-refractivity contribution in [1.82, 2.24) is 10.6 Å². The lowest BCUT2D eigenvalue weighted by molar-refractivity contribution is -0.137. The summed E-state index contributed by atoms with van der Waals surface area (Å²) in [5, 5.41) is 3.84. The second kappa shape index (κ2) is 8.26. The van der Waals surface area contributed by atoms with E-state index < -0.39 is 17.6 Å². The van der Waals surface area contributed by atoms with Crippen LogP contribution >= 0.6 is 0 Å². The number of aromatic nitrogens is 1. The van der Waals surface area contributed by atoms with Gasteiger partial charge < -0.3 is 9.26 Å². The second-order valence-electron chi connectivity index (χ2n) is 6.21. The van der Waals surface area contributed by atoms with E-state index in [9.17, 15) is 18.0 Å². The summed E-state index contributed by atoms with van der Waals surface area (Å²) in [5.74, 6) is 0.238. The molecule has 0 spiro atoms. The van der Waals surface area contributed by atoms with E-state index in [1.165, 1.54) is 24.3 Å². The third-order valence-corrected chi connectivity index (χ3v) is 4.23. The molecule has 0 radical (unpaired) electrons. The van der Waals surface area contributed by atoms with Crippen LogP contribution in [-0.4, -0.2) is 11.1 Å². The lowest BCUT2D eigenvalue weighted by Gasteiger charge is -2.16. The molecule has 9 heteroatoms. The number of halogens is 3. The number of ether oxygens (including phenoxy) is 1. The van der Waals surface area contributed by atoms with Gasteiger partial charge >= 0.3 is 6.18 Å². The zero-order valence-corrected chi connectivity index (χ0v) is 15.6. The molecule has 0 atom stereocenters. The smallest absolute Gasteiger partial charge is 0.418 e. The summed E-state index contributed by atoms with van der Waals surface area (Å²) in [6.07, 6.45) is -4.55. The number of aryl methyl sites for hydroxylation is 2. The molecule has 1 amide bonds. The zero-order valence-electron chi connectivity index (χ0n) is 15.6. The number of nitrogens with one attached hydrogen (secondary N) is 2. The maximum atomic E-state index is 13.1. The fourth-order valence-electron chi connectivity index (χ4n) is 2.67. The first-order valence-corrected chi connectivity index (χ1v) is 8.63. The molecule has 0 aliphatic heterocycles. The number of hydrogen-bond donors (Lipinski definition) is 2. The predicted molar refractivity (Wildman–Crippen MR) is 99.3 cm³/mol. The largest absolute Gasteiger partial charge is 0.488 e. The number of amides is 1. The molecular weight excluding hydrogens is 387 g/mol. The number of carbonyl (C=O) groups is 1. The van der Waals surface area contributed by atoms with E-state index in [0.29, 0.717) is 11.5 Å². The van der Waals surface area contributed by atoms with Crippen LogP contribution in [0.25, 0.3) is 0 Å². The number of alkyl halides is 3. The highest BCUT2D eigenvalue weighted by atomic mass is 19.4. The Labute approximate surface area is 164 Å². The van der Waals surface area contributed by atoms with Crippen LogP contribution in [0.3, 0.4) is 0 Å². The number of anilines is 1. The number of rotatable bonds is 6. The quantitative estimate of drug-likeness (QED) is 0.584. The SMILES string of the molecule is Cc1noc(C)c1COc1ccccc1C(=O)NNc1ccccc1C(F)(F)F. The first-order chi connectivity index (χ1) is 13.8. The van der Waals surface area contributed by atoms with Crippen molar-refractivity contribution in [3.8, 4) is 5.75 Å². The van der Waals surface area contributed by atoms with E-state index in [1.54, 1.807) is 32.0 Å².